The molecule has 0 radical (unpaired) electrons. The highest BCUT2D eigenvalue weighted by Crippen LogP contribution is 2.30. The van der Waals surface area contributed by atoms with Gasteiger partial charge in [-0.25, -0.2) is 4.98 Å². The van der Waals surface area contributed by atoms with E-state index >= 15 is 0 Å². The third-order valence-electron chi connectivity index (χ3n) is 3.63. The maximum Gasteiger partial charge on any atom is 0.223 e. The molecule has 0 aromatic carbocycles. The zero-order valence-corrected chi connectivity index (χ0v) is 12.4. The van der Waals surface area contributed by atoms with E-state index in [-0.39, 0.29) is 5.41 Å². The second-order valence-electron chi connectivity index (χ2n) is 6.89. The van der Waals surface area contributed by atoms with E-state index < -0.39 is 0 Å². The fourth-order valence-electron chi connectivity index (χ4n) is 2.73. The Hall–Kier alpha value is -1.19. The molecule has 1 heterocycles. The highest BCUT2D eigenvalue weighted by molar-refractivity contribution is 5.18. The lowest BCUT2D eigenvalue weighted by Crippen LogP contribution is -2.16. The number of hydrogen-bond donors (Lipinski definition) is 1. The quantitative estimate of drug-likeness (QED) is 0.829. The molecule has 1 aliphatic carbocycles. The zero-order valence-electron chi connectivity index (χ0n) is 12.4. The molecule has 106 valence electrons. The van der Waals surface area contributed by atoms with Crippen molar-refractivity contribution >= 4 is 5.95 Å². The van der Waals surface area contributed by atoms with E-state index in [4.69, 9.17) is 5.73 Å². The minimum atomic E-state index is 0.175. The summed E-state index contributed by atoms with van der Waals surface area (Å²) in [5.41, 5.74) is 6.04. The zero-order chi connectivity index (χ0) is 13.9. The van der Waals surface area contributed by atoms with Crippen LogP contribution in [0, 0.1) is 5.41 Å². The predicted octanol–water partition coefficient (Wildman–Crippen LogP) is 3.48. The van der Waals surface area contributed by atoms with Crippen LogP contribution in [-0.2, 0) is 6.42 Å². The summed E-state index contributed by atoms with van der Waals surface area (Å²) in [6.45, 7) is 6.58. The Bertz CT molecular complexity index is 415. The summed E-state index contributed by atoms with van der Waals surface area (Å²) in [7, 11) is 0. The summed E-state index contributed by atoms with van der Waals surface area (Å²) in [6.07, 6.45) is 8.48. The SMILES string of the molecule is CC(C)(C)Cc1nc(N)nc(C2CCCCCC2)n1. The second-order valence-corrected chi connectivity index (χ2v) is 6.89. The first kappa shape index (κ1) is 14.2. The first-order chi connectivity index (χ1) is 8.94. The van der Waals surface area contributed by atoms with Gasteiger partial charge in [-0.05, 0) is 18.3 Å². The molecule has 0 atom stereocenters. The van der Waals surface area contributed by atoms with Gasteiger partial charge in [0.25, 0.3) is 0 Å². The van der Waals surface area contributed by atoms with E-state index in [1.54, 1.807) is 0 Å². The molecule has 1 aliphatic rings. The summed E-state index contributed by atoms with van der Waals surface area (Å²) in [6, 6.07) is 0. The van der Waals surface area contributed by atoms with Crippen LogP contribution >= 0.6 is 0 Å². The first-order valence-corrected chi connectivity index (χ1v) is 7.44. The Morgan fingerprint density at radius 3 is 2.21 bits per heavy atom. The largest absolute Gasteiger partial charge is 0.368 e. The van der Waals surface area contributed by atoms with Gasteiger partial charge in [-0.2, -0.15) is 9.97 Å². The van der Waals surface area contributed by atoms with E-state index in [1.807, 2.05) is 0 Å². The molecular formula is C15H26N4. The summed E-state index contributed by atoms with van der Waals surface area (Å²) >= 11 is 0. The van der Waals surface area contributed by atoms with E-state index in [9.17, 15) is 0 Å². The third-order valence-corrected chi connectivity index (χ3v) is 3.63. The smallest absolute Gasteiger partial charge is 0.223 e. The van der Waals surface area contributed by atoms with Gasteiger partial charge in [-0.1, -0.05) is 46.5 Å². The molecule has 1 fully saturated rings. The van der Waals surface area contributed by atoms with Crippen molar-refractivity contribution in [3.63, 3.8) is 0 Å². The topological polar surface area (TPSA) is 64.7 Å². The number of anilines is 1. The summed E-state index contributed by atoms with van der Waals surface area (Å²) in [4.78, 5) is 13.4. The Balaban J connectivity index is 2.20. The van der Waals surface area contributed by atoms with Crippen molar-refractivity contribution in [3.05, 3.63) is 11.6 Å². The van der Waals surface area contributed by atoms with Crippen molar-refractivity contribution in [1.29, 1.82) is 0 Å². The molecule has 2 N–H and O–H groups in total. The second kappa shape index (κ2) is 5.85. The van der Waals surface area contributed by atoms with Crippen LogP contribution in [0.3, 0.4) is 0 Å². The van der Waals surface area contributed by atoms with E-state index in [0.717, 1.165) is 18.1 Å². The summed E-state index contributed by atoms with van der Waals surface area (Å²) < 4.78 is 0. The van der Waals surface area contributed by atoms with Crippen molar-refractivity contribution in [1.82, 2.24) is 15.0 Å². The van der Waals surface area contributed by atoms with Gasteiger partial charge < -0.3 is 5.73 Å². The van der Waals surface area contributed by atoms with Gasteiger partial charge in [0.2, 0.25) is 5.95 Å². The summed E-state index contributed by atoms with van der Waals surface area (Å²) in [5, 5.41) is 0. The lowest BCUT2D eigenvalue weighted by Gasteiger charge is -2.18. The molecule has 0 amide bonds. The Kier molecular flexibility index (Phi) is 4.38. The maximum absolute atomic E-state index is 5.86. The molecule has 0 bridgehead atoms. The molecule has 4 nitrogen and oxygen atoms in total. The molecule has 0 spiro atoms. The van der Waals surface area contributed by atoms with Crippen LogP contribution < -0.4 is 5.73 Å². The highest BCUT2D eigenvalue weighted by atomic mass is 15.1. The van der Waals surface area contributed by atoms with Crippen LogP contribution in [0.2, 0.25) is 0 Å². The summed E-state index contributed by atoms with van der Waals surface area (Å²) in [5.74, 6) is 2.63. The van der Waals surface area contributed by atoms with E-state index in [2.05, 4.69) is 35.7 Å². The van der Waals surface area contributed by atoms with Gasteiger partial charge >= 0.3 is 0 Å². The molecule has 2 rings (SSSR count). The van der Waals surface area contributed by atoms with Gasteiger partial charge in [-0.15, -0.1) is 0 Å². The fraction of sp³-hybridized carbons (Fsp3) is 0.800. The van der Waals surface area contributed by atoms with Crippen molar-refractivity contribution in [2.45, 2.75) is 71.6 Å². The van der Waals surface area contributed by atoms with Gasteiger partial charge in [0, 0.05) is 12.3 Å². The van der Waals surface area contributed by atoms with Gasteiger partial charge in [0.15, 0.2) is 0 Å². The van der Waals surface area contributed by atoms with Crippen LogP contribution in [-0.4, -0.2) is 15.0 Å². The molecule has 0 aliphatic heterocycles. The lowest BCUT2D eigenvalue weighted by molar-refractivity contribution is 0.398. The molecule has 0 saturated heterocycles. The average molecular weight is 262 g/mol. The van der Waals surface area contributed by atoms with Crippen LogP contribution in [0.1, 0.15) is 76.9 Å². The Morgan fingerprint density at radius 1 is 1.00 bits per heavy atom. The standard InChI is InChI=1S/C15H26N4/c1-15(2,3)10-12-17-13(19-14(16)18-12)11-8-6-4-5-7-9-11/h11H,4-10H2,1-3H3,(H2,16,17,18,19). The fourth-order valence-corrected chi connectivity index (χ4v) is 2.73. The Labute approximate surface area is 116 Å². The molecule has 19 heavy (non-hydrogen) atoms. The van der Waals surface area contributed by atoms with Crippen LogP contribution in [0.25, 0.3) is 0 Å². The van der Waals surface area contributed by atoms with Crippen LogP contribution in [0.4, 0.5) is 5.95 Å². The predicted molar refractivity (Wildman–Crippen MR) is 77.8 cm³/mol. The van der Waals surface area contributed by atoms with Gasteiger partial charge in [0.1, 0.15) is 11.6 Å². The van der Waals surface area contributed by atoms with Gasteiger partial charge in [0.05, 0.1) is 0 Å². The normalized spacial score (nSPS) is 18.3. The van der Waals surface area contributed by atoms with Crippen molar-refractivity contribution < 1.29 is 0 Å². The van der Waals surface area contributed by atoms with E-state index in [1.165, 1.54) is 38.5 Å². The van der Waals surface area contributed by atoms with Crippen molar-refractivity contribution in [2.24, 2.45) is 5.41 Å². The molecule has 1 aromatic heterocycles. The lowest BCUT2D eigenvalue weighted by atomic mass is 9.92. The van der Waals surface area contributed by atoms with Crippen molar-refractivity contribution in [2.75, 3.05) is 5.73 Å². The maximum atomic E-state index is 5.86. The number of nitrogens with zero attached hydrogens (tertiary/aromatic N) is 3. The molecule has 1 aromatic rings. The number of aromatic nitrogens is 3. The number of hydrogen-bond acceptors (Lipinski definition) is 4. The number of nitrogens with two attached hydrogens (primary N) is 1. The van der Waals surface area contributed by atoms with Crippen LogP contribution in [0.5, 0.6) is 0 Å². The monoisotopic (exact) mass is 262 g/mol. The number of nitrogen functional groups attached to an aromatic ring is 1. The van der Waals surface area contributed by atoms with Crippen molar-refractivity contribution in [3.8, 4) is 0 Å². The molecule has 0 unspecified atom stereocenters. The first-order valence-electron chi connectivity index (χ1n) is 7.44. The molecule has 1 saturated carbocycles. The average Bonchev–Trinajstić information content (AvgIpc) is 2.53. The minimum absolute atomic E-state index is 0.175. The molecular weight excluding hydrogens is 236 g/mol. The minimum Gasteiger partial charge on any atom is -0.368 e. The van der Waals surface area contributed by atoms with Gasteiger partial charge in [-0.3, -0.25) is 0 Å². The Morgan fingerprint density at radius 2 is 1.63 bits per heavy atom. The van der Waals surface area contributed by atoms with Crippen LogP contribution in [0.15, 0.2) is 0 Å². The highest BCUT2D eigenvalue weighted by Gasteiger charge is 2.20. The third kappa shape index (κ3) is 4.44. The number of rotatable bonds is 2. The molecule has 4 heteroatoms. The van der Waals surface area contributed by atoms with E-state index in [0.29, 0.717) is 11.9 Å².